The average Bonchev–Trinajstić information content (AvgIpc) is 1.64. The number of hydrogen-bond acceptors (Lipinski definition) is 1. The summed E-state index contributed by atoms with van der Waals surface area (Å²) in [4.78, 5) is 10.7. The fourth-order valence-corrected chi connectivity index (χ4v) is 2.75. The largest absolute Gasteiger partial charge is 0.281 e. The second-order valence-electron chi connectivity index (χ2n) is 1.74. The lowest BCUT2D eigenvalue weighted by atomic mass is 10.1. The van der Waals surface area contributed by atoms with Gasteiger partial charge in [0.1, 0.15) is 0 Å². The third-order valence-electron chi connectivity index (χ3n) is 1.01. The van der Waals surface area contributed by atoms with Crippen molar-refractivity contribution in [3.63, 3.8) is 0 Å². The van der Waals surface area contributed by atoms with Gasteiger partial charge in [0.2, 0.25) is 5.24 Å². The van der Waals surface area contributed by atoms with E-state index < -0.39 is 0 Å². The molecule has 1 nitrogen and oxygen atoms in total. The minimum Gasteiger partial charge on any atom is -0.281 e. The fourth-order valence-electron chi connectivity index (χ4n) is 0.364. The molecule has 0 bridgehead atoms. The van der Waals surface area contributed by atoms with Crippen molar-refractivity contribution in [2.24, 2.45) is 5.92 Å². The van der Waals surface area contributed by atoms with Gasteiger partial charge in [-0.2, -0.15) is 0 Å². The van der Waals surface area contributed by atoms with Crippen molar-refractivity contribution < 1.29 is 4.79 Å². The molecule has 0 radical (unpaired) electrons. The summed E-state index contributed by atoms with van der Waals surface area (Å²) in [5.74, 6) is -0.119. The Bertz CT molecular complexity index is 105. The lowest BCUT2D eigenvalue weighted by Gasteiger charge is -2.09. The van der Waals surface area contributed by atoms with Gasteiger partial charge in [0.25, 0.3) is 0 Å². The van der Waals surface area contributed by atoms with Crippen molar-refractivity contribution >= 4 is 48.7 Å². The van der Waals surface area contributed by atoms with Crippen LogP contribution in [0.2, 0.25) is 0 Å². The van der Waals surface area contributed by atoms with E-state index in [1.54, 1.807) is 0 Å². The molecule has 0 aliphatic rings. The second-order valence-corrected chi connectivity index (χ2v) is 4.21. The van der Waals surface area contributed by atoms with Crippen LogP contribution in [0.5, 0.6) is 0 Å². The first-order valence-corrected chi connectivity index (χ1v) is 4.90. The molecule has 54 valence electrons. The van der Waals surface area contributed by atoms with Crippen molar-refractivity contribution in [1.29, 1.82) is 0 Å². The Morgan fingerprint density at radius 2 is 2.22 bits per heavy atom. The summed E-state index contributed by atoms with van der Waals surface area (Å²) in [5.41, 5.74) is 0. The zero-order valence-corrected chi connectivity index (χ0v) is 8.83. The van der Waals surface area contributed by atoms with Crippen LogP contribution >= 0.6 is 43.5 Å². The van der Waals surface area contributed by atoms with Crippen molar-refractivity contribution in [3.8, 4) is 0 Å². The molecular formula is C5H7Br2ClO. The number of alkyl halides is 2. The van der Waals surface area contributed by atoms with Gasteiger partial charge in [-0.3, -0.25) is 4.79 Å². The zero-order chi connectivity index (χ0) is 7.44. The van der Waals surface area contributed by atoms with Crippen LogP contribution in [0.1, 0.15) is 6.92 Å². The predicted molar refractivity (Wildman–Crippen MR) is 46.5 cm³/mol. The Kier molecular flexibility index (Phi) is 5.17. The first kappa shape index (κ1) is 9.92. The van der Waals surface area contributed by atoms with E-state index in [1.165, 1.54) is 0 Å². The third-order valence-corrected chi connectivity index (χ3v) is 2.63. The number of halogens is 3. The summed E-state index contributed by atoms with van der Waals surface area (Å²) in [6.07, 6.45) is 0. The average molecular weight is 278 g/mol. The highest BCUT2D eigenvalue weighted by atomic mass is 79.9. The Labute approximate surface area is 76.4 Å². The van der Waals surface area contributed by atoms with E-state index in [9.17, 15) is 4.79 Å². The molecule has 0 saturated heterocycles. The lowest BCUT2D eigenvalue weighted by Crippen LogP contribution is -2.18. The molecule has 0 aliphatic heterocycles. The zero-order valence-electron chi connectivity index (χ0n) is 4.90. The number of carbonyl (C=O) groups is 1. The van der Waals surface area contributed by atoms with Crippen LogP contribution in [0.25, 0.3) is 0 Å². The maximum atomic E-state index is 10.5. The van der Waals surface area contributed by atoms with E-state index >= 15 is 0 Å². The fraction of sp³-hybridized carbons (Fsp3) is 0.800. The lowest BCUT2D eigenvalue weighted by molar-refractivity contribution is -0.114. The minimum atomic E-state index is -0.295. The van der Waals surface area contributed by atoms with Crippen LogP contribution < -0.4 is 0 Å². The molecule has 0 aromatic carbocycles. The van der Waals surface area contributed by atoms with Gasteiger partial charge in [-0.25, -0.2) is 0 Å². The number of hydrogen-bond donors (Lipinski definition) is 0. The molecule has 0 heterocycles. The van der Waals surface area contributed by atoms with E-state index in [0.717, 1.165) is 0 Å². The molecule has 0 fully saturated rings. The summed E-state index contributed by atoms with van der Waals surface area (Å²) >= 11 is 11.7. The molecule has 0 amide bonds. The molecule has 0 aliphatic carbocycles. The first-order valence-electron chi connectivity index (χ1n) is 2.49. The van der Waals surface area contributed by atoms with E-state index in [0.29, 0.717) is 5.33 Å². The molecule has 0 aromatic rings. The van der Waals surface area contributed by atoms with Crippen molar-refractivity contribution in [2.45, 2.75) is 11.8 Å². The summed E-state index contributed by atoms with van der Waals surface area (Å²) in [6.45, 7) is 1.90. The first-order chi connectivity index (χ1) is 4.09. The van der Waals surface area contributed by atoms with Gasteiger partial charge < -0.3 is 0 Å². The van der Waals surface area contributed by atoms with Gasteiger partial charge in [0.15, 0.2) is 0 Å². The van der Waals surface area contributed by atoms with Crippen molar-refractivity contribution in [2.75, 3.05) is 5.33 Å². The van der Waals surface area contributed by atoms with E-state index in [-0.39, 0.29) is 16.0 Å². The van der Waals surface area contributed by atoms with Gasteiger partial charge in [-0.15, -0.1) is 0 Å². The highest BCUT2D eigenvalue weighted by molar-refractivity contribution is 9.10. The molecule has 0 N–H and O–H groups in total. The van der Waals surface area contributed by atoms with Crippen LogP contribution in [0.4, 0.5) is 0 Å². The second kappa shape index (κ2) is 4.69. The molecule has 2 atom stereocenters. The summed E-state index contributed by atoms with van der Waals surface area (Å²) in [5, 5.41) is 0.318. The maximum absolute atomic E-state index is 10.5. The SMILES string of the molecule is CC(Br)C(CBr)C(=O)Cl. The Morgan fingerprint density at radius 1 is 1.78 bits per heavy atom. The number of carbonyl (C=O) groups excluding carboxylic acids is 1. The highest BCUT2D eigenvalue weighted by Gasteiger charge is 2.19. The smallest absolute Gasteiger partial charge is 0.226 e. The van der Waals surface area contributed by atoms with Gasteiger partial charge in [-0.05, 0) is 11.6 Å². The van der Waals surface area contributed by atoms with Crippen LogP contribution in [-0.2, 0) is 4.79 Å². The molecule has 4 heteroatoms. The normalized spacial score (nSPS) is 16.9. The Balaban J connectivity index is 3.83. The Hall–Kier alpha value is 0.920. The van der Waals surface area contributed by atoms with E-state index in [2.05, 4.69) is 31.9 Å². The molecule has 0 rings (SSSR count). The predicted octanol–water partition coefficient (Wildman–Crippen LogP) is 2.55. The van der Waals surface area contributed by atoms with Crippen molar-refractivity contribution in [1.82, 2.24) is 0 Å². The minimum absolute atomic E-state index is 0.119. The molecule has 0 aromatic heterocycles. The molecule has 9 heavy (non-hydrogen) atoms. The van der Waals surface area contributed by atoms with Crippen LogP contribution in [-0.4, -0.2) is 15.4 Å². The quantitative estimate of drug-likeness (QED) is 0.573. The third kappa shape index (κ3) is 3.58. The van der Waals surface area contributed by atoms with Crippen LogP contribution in [0, 0.1) is 5.92 Å². The van der Waals surface area contributed by atoms with Gasteiger partial charge >= 0.3 is 0 Å². The summed E-state index contributed by atoms with van der Waals surface area (Å²) in [7, 11) is 0. The molecule has 0 spiro atoms. The molecule has 0 saturated carbocycles. The number of rotatable bonds is 3. The topological polar surface area (TPSA) is 17.1 Å². The highest BCUT2D eigenvalue weighted by Crippen LogP contribution is 2.17. The van der Waals surface area contributed by atoms with Gasteiger partial charge in [0.05, 0.1) is 5.92 Å². The van der Waals surface area contributed by atoms with Gasteiger partial charge in [0, 0.05) is 10.2 Å². The molecule has 2 unspecified atom stereocenters. The summed E-state index contributed by atoms with van der Waals surface area (Å²) < 4.78 is 0. The van der Waals surface area contributed by atoms with E-state index in [1.807, 2.05) is 6.92 Å². The van der Waals surface area contributed by atoms with Crippen LogP contribution in [0.3, 0.4) is 0 Å². The standard InChI is InChI=1S/C5H7Br2ClO/c1-3(7)4(2-6)5(8)9/h3-4H,2H2,1H3. The molecular weight excluding hydrogens is 271 g/mol. The monoisotopic (exact) mass is 276 g/mol. The Morgan fingerprint density at radius 3 is 2.22 bits per heavy atom. The summed E-state index contributed by atoms with van der Waals surface area (Å²) in [6, 6.07) is 0. The van der Waals surface area contributed by atoms with E-state index in [4.69, 9.17) is 11.6 Å². The van der Waals surface area contributed by atoms with Crippen LogP contribution in [0.15, 0.2) is 0 Å². The van der Waals surface area contributed by atoms with Gasteiger partial charge in [-0.1, -0.05) is 38.8 Å². The maximum Gasteiger partial charge on any atom is 0.226 e. The van der Waals surface area contributed by atoms with Crippen molar-refractivity contribution in [3.05, 3.63) is 0 Å².